The number of benzene rings is 2. The molecular formula is C16H12Cl2N2. The Bertz CT molecular complexity index is 731. The van der Waals surface area contributed by atoms with Crippen LogP contribution >= 0.6 is 23.2 Å². The van der Waals surface area contributed by atoms with Crippen LogP contribution in [0.5, 0.6) is 0 Å². The van der Waals surface area contributed by atoms with Crippen LogP contribution in [0.1, 0.15) is 5.56 Å². The molecule has 4 heteroatoms. The number of anilines is 1. The standard InChI is InChI=1S/C16H12Cl2N2/c17-13-6-11(7-14(18)8-13)9-20-16-3-1-2-12-4-5-19-10-15(12)16/h1-8,10,20H,9H2. The molecule has 0 saturated heterocycles. The van der Waals surface area contributed by atoms with Crippen molar-refractivity contribution in [3.05, 3.63) is 70.5 Å². The summed E-state index contributed by atoms with van der Waals surface area (Å²) in [5.74, 6) is 0. The van der Waals surface area contributed by atoms with E-state index in [0.717, 1.165) is 22.0 Å². The number of nitrogens with zero attached hydrogens (tertiary/aromatic N) is 1. The topological polar surface area (TPSA) is 24.9 Å². The van der Waals surface area contributed by atoms with E-state index in [4.69, 9.17) is 23.2 Å². The summed E-state index contributed by atoms with van der Waals surface area (Å²) in [5, 5.41) is 6.96. The van der Waals surface area contributed by atoms with E-state index in [9.17, 15) is 0 Å². The van der Waals surface area contributed by atoms with E-state index in [1.165, 1.54) is 0 Å². The Morgan fingerprint density at radius 2 is 1.80 bits per heavy atom. The average Bonchev–Trinajstić information content (AvgIpc) is 2.44. The van der Waals surface area contributed by atoms with E-state index < -0.39 is 0 Å². The quantitative estimate of drug-likeness (QED) is 0.723. The van der Waals surface area contributed by atoms with Gasteiger partial charge in [0.15, 0.2) is 0 Å². The molecule has 3 rings (SSSR count). The van der Waals surface area contributed by atoms with Crippen molar-refractivity contribution in [3.63, 3.8) is 0 Å². The van der Waals surface area contributed by atoms with E-state index in [1.54, 1.807) is 12.3 Å². The van der Waals surface area contributed by atoms with E-state index in [1.807, 2.05) is 36.5 Å². The monoisotopic (exact) mass is 302 g/mol. The minimum absolute atomic E-state index is 0.647. The number of halogens is 2. The Hall–Kier alpha value is -1.77. The minimum Gasteiger partial charge on any atom is -0.380 e. The molecule has 0 fully saturated rings. The Morgan fingerprint density at radius 1 is 1.00 bits per heavy atom. The van der Waals surface area contributed by atoms with Gasteiger partial charge in [-0.2, -0.15) is 0 Å². The number of rotatable bonds is 3. The fourth-order valence-corrected chi connectivity index (χ4v) is 2.75. The smallest absolute Gasteiger partial charge is 0.0438 e. The first-order valence-corrected chi connectivity index (χ1v) is 6.99. The van der Waals surface area contributed by atoms with Crippen molar-refractivity contribution in [2.75, 3.05) is 5.32 Å². The summed E-state index contributed by atoms with van der Waals surface area (Å²) in [4.78, 5) is 4.17. The predicted octanol–water partition coefficient (Wildman–Crippen LogP) is 5.15. The zero-order valence-electron chi connectivity index (χ0n) is 10.6. The number of hydrogen-bond acceptors (Lipinski definition) is 2. The van der Waals surface area contributed by atoms with Gasteiger partial charge in [0.25, 0.3) is 0 Å². The summed E-state index contributed by atoms with van der Waals surface area (Å²) in [7, 11) is 0. The number of aromatic nitrogens is 1. The molecule has 100 valence electrons. The van der Waals surface area contributed by atoms with Gasteiger partial charge in [-0.05, 0) is 41.3 Å². The lowest BCUT2D eigenvalue weighted by Gasteiger charge is -2.10. The molecule has 1 aromatic heterocycles. The Morgan fingerprint density at radius 3 is 2.60 bits per heavy atom. The van der Waals surface area contributed by atoms with Gasteiger partial charge in [-0.3, -0.25) is 4.98 Å². The van der Waals surface area contributed by atoms with Crippen LogP contribution in [0.3, 0.4) is 0 Å². The number of pyridine rings is 1. The SMILES string of the molecule is Clc1cc(Cl)cc(CNc2cccc3ccncc23)c1. The van der Waals surface area contributed by atoms with Crippen molar-refractivity contribution >= 4 is 39.7 Å². The van der Waals surface area contributed by atoms with Crippen LogP contribution in [-0.4, -0.2) is 4.98 Å². The van der Waals surface area contributed by atoms with Gasteiger partial charge < -0.3 is 5.32 Å². The first kappa shape index (κ1) is 13.2. The van der Waals surface area contributed by atoms with Crippen molar-refractivity contribution in [2.45, 2.75) is 6.54 Å². The Balaban J connectivity index is 1.87. The Labute approximate surface area is 127 Å². The fraction of sp³-hybridized carbons (Fsp3) is 0.0625. The van der Waals surface area contributed by atoms with E-state index in [2.05, 4.69) is 16.4 Å². The van der Waals surface area contributed by atoms with Crippen molar-refractivity contribution in [2.24, 2.45) is 0 Å². The van der Waals surface area contributed by atoms with Crippen molar-refractivity contribution in [3.8, 4) is 0 Å². The summed E-state index contributed by atoms with van der Waals surface area (Å²) in [6.45, 7) is 0.661. The molecule has 0 bridgehead atoms. The summed E-state index contributed by atoms with van der Waals surface area (Å²) < 4.78 is 0. The fourth-order valence-electron chi connectivity index (χ4n) is 2.18. The van der Waals surface area contributed by atoms with Gasteiger partial charge in [0, 0.05) is 40.1 Å². The van der Waals surface area contributed by atoms with Crippen LogP contribution in [0.4, 0.5) is 5.69 Å². The van der Waals surface area contributed by atoms with Gasteiger partial charge >= 0.3 is 0 Å². The van der Waals surface area contributed by atoms with Crippen molar-refractivity contribution in [1.82, 2.24) is 4.98 Å². The maximum absolute atomic E-state index is 6.00. The normalized spacial score (nSPS) is 10.7. The maximum Gasteiger partial charge on any atom is 0.0438 e. The molecule has 0 radical (unpaired) electrons. The lowest BCUT2D eigenvalue weighted by molar-refractivity contribution is 1.15. The molecule has 1 N–H and O–H groups in total. The largest absolute Gasteiger partial charge is 0.380 e. The molecule has 0 aliphatic heterocycles. The maximum atomic E-state index is 6.00. The lowest BCUT2D eigenvalue weighted by atomic mass is 10.1. The third-order valence-electron chi connectivity index (χ3n) is 3.09. The highest BCUT2D eigenvalue weighted by Gasteiger charge is 2.02. The molecule has 3 aromatic rings. The first-order chi connectivity index (χ1) is 9.72. The summed E-state index contributed by atoms with van der Waals surface area (Å²) in [6.07, 6.45) is 3.66. The number of fused-ring (bicyclic) bond motifs is 1. The van der Waals surface area contributed by atoms with Gasteiger partial charge in [0.05, 0.1) is 0 Å². The van der Waals surface area contributed by atoms with Gasteiger partial charge in [0.1, 0.15) is 0 Å². The molecule has 0 unspecified atom stereocenters. The van der Waals surface area contributed by atoms with Gasteiger partial charge in [-0.25, -0.2) is 0 Å². The van der Waals surface area contributed by atoms with Crippen LogP contribution < -0.4 is 5.32 Å². The molecule has 0 saturated carbocycles. The minimum atomic E-state index is 0.647. The molecule has 2 aromatic carbocycles. The summed E-state index contributed by atoms with van der Waals surface area (Å²) in [6, 6.07) is 13.7. The van der Waals surface area contributed by atoms with Crippen molar-refractivity contribution in [1.29, 1.82) is 0 Å². The molecule has 0 atom stereocenters. The lowest BCUT2D eigenvalue weighted by Crippen LogP contribution is -2.00. The van der Waals surface area contributed by atoms with E-state index in [0.29, 0.717) is 16.6 Å². The van der Waals surface area contributed by atoms with Crippen LogP contribution in [-0.2, 0) is 6.54 Å². The van der Waals surface area contributed by atoms with Crippen LogP contribution in [0, 0.1) is 0 Å². The second-order valence-corrected chi connectivity index (χ2v) is 5.41. The van der Waals surface area contributed by atoms with Crippen LogP contribution in [0.25, 0.3) is 10.8 Å². The molecule has 0 spiro atoms. The number of hydrogen-bond donors (Lipinski definition) is 1. The molecule has 1 heterocycles. The molecule has 2 nitrogen and oxygen atoms in total. The second kappa shape index (κ2) is 5.70. The van der Waals surface area contributed by atoms with Gasteiger partial charge in [0.2, 0.25) is 0 Å². The molecule has 0 aliphatic rings. The zero-order chi connectivity index (χ0) is 13.9. The zero-order valence-corrected chi connectivity index (χ0v) is 12.1. The molecule has 0 aliphatic carbocycles. The van der Waals surface area contributed by atoms with Crippen molar-refractivity contribution < 1.29 is 0 Å². The summed E-state index contributed by atoms with van der Waals surface area (Å²) >= 11 is 12.0. The second-order valence-electron chi connectivity index (χ2n) is 4.53. The van der Waals surface area contributed by atoms with Gasteiger partial charge in [-0.1, -0.05) is 35.3 Å². The molecule has 0 amide bonds. The van der Waals surface area contributed by atoms with Gasteiger partial charge in [-0.15, -0.1) is 0 Å². The Kier molecular flexibility index (Phi) is 3.77. The molecular weight excluding hydrogens is 291 g/mol. The highest BCUT2D eigenvalue weighted by Crippen LogP contribution is 2.24. The predicted molar refractivity (Wildman–Crippen MR) is 85.5 cm³/mol. The number of nitrogens with one attached hydrogen (secondary N) is 1. The van der Waals surface area contributed by atoms with Crippen LogP contribution in [0.2, 0.25) is 10.0 Å². The third kappa shape index (κ3) is 2.87. The third-order valence-corrected chi connectivity index (χ3v) is 3.53. The molecule has 20 heavy (non-hydrogen) atoms. The average molecular weight is 303 g/mol. The highest BCUT2D eigenvalue weighted by atomic mass is 35.5. The first-order valence-electron chi connectivity index (χ1n) is 6.24. The highest BCUT2D eigenvalue weighted by molar-refractivity contribution is 6.34. The van der Waals surface area contributed by atoms with E-state index in [-0.39, 0.29) is 0 Å². The van der Waals surface area contributed by atoms with E-state index >= 15 is 0 Å². The summed E-state index contributed by atoms with van der Waals surface area (Å²) in [5.41, 5.74) is 2.09. The van der Waals surface area contributed by atoms with Crippen LogP contribution in [0.15, 0.2) is 54.9 Å².